The lowest BCUT2D eigenvalue weighted by atomic mass is 10.0. The van der Waals surface area contributed by atoms with Crippen molar-refractivity contribution in [1.82, 2.24) is 9.88 Å². The Labute approximate surface area is 165 Å². The molecule has 0 unspecified atom stereocenters. The van der Waals surface area contributed by atoms with Crippen molar-refractivity contribution in [3.63, 3.8) is 0 Å². The van der Waals surface area contributed by atoms with Gasteiger partial charge in [0.25, 0.3) is 5.91 Å². The monoisotopic (exact) mass is 373 g/mol. The van der Waals surface area contributed by atoms with Gasteiger partial charge in [-0.15, -0.1) is 0 Å². The van der Waals surface area contributed by atoms with Crippen LogP contribution in [0.25, 0.3) is 0 Å². The number of nitrogens with one attached hydrogen (secondary N) is 1. The molecule has 3 rings (SSSR count). The van der Waals surface area contributed by atoms with Crippen LogP contribution in [0.1, 0.15) is 41.5 Å². The van der Waals surface area contributed by atoms with Crippen molar-refractivity contribution in [2.45, 2.75) is 26.4 Å². The van der Waals surface area contributed by atoms with Crippen molar-refractivity contribution >= 4 is 17.5 Å². The summed E-state index contributed by atoms with van der Waals surface area (Å²) in [5.74, 6) is -0.266. The molecule has 0 spiro atoms. The summed E-state index contributed by atoms with van der Waals surface area (Å²) < 4.78 is 0. The lowest BCUT2D eigenvalue weighted by Gasteiger charge is -2.30. The molecule has 0 saturated carbocycles. The SMILES string of the molecule is CC(=O)Nc1cccc([C@@H](C)N(Cc2ccccc2)C(=O)c2ccccn2)c1. The van der Waals surface area contributed by atoms with Gasteiger partial charge in [-0.2, -0.15) is 0 Å². The molecule has 0 aliphatic carbocycles. The van der Waals surface area contributed by atoms with Crippen LogP contribution in [0.3, 0.4) is 0 Å². The number of hydrogen-bond donors (Lipinski definition) is 1. The van der Waals surface area contributed by atoms with Gasteiger partial charge in [-0.3, -0.25) is 14.6 Å². The number of carbonyl (C=O) groups excluding carboxylic acids is 2. The maximum atomic E-state index is 13.2. The molecule has 142 valence electrons. The Balaban J connectivity index is 1.93. The van der Waals surface area contributed by atoms with Crippen molar-refractivity contribution in [2.24, 2.45) is 0 Å². The van der Waals surface area contributed by atoms with Crippen molar-refractivity contribution in [3.05, 3.63) is 95.8 Å². The largest absolute Gasteiger partial charge is 0.326 e. The first kappa shape index (κ1) is 19.3. The number of amides is 2. The Bertz CT molecular complexity index is 942. The Morgan fingerprint density at radius 3 is 2.43 bits per heavy atom. The summed E-state index contributed by atoms with van der Waals surface area (Å²) in [6, 6.07) is 22.6. The van der Waals surface area contributed by atoms with Gasteiger partial charge in [-0.1, -0.05) is 48.5 Å². The summed E-state index contributed by atoms with van der Waals surface area (Å²) in [6.07, 6.45) is 1.62. The molecule has 0 radical (unpaired) electrons. The number of hydrogen-bond acceptors (Lipinski definition) is 3. The zero-order chi connectivity index (χ0) is 19.9. The minimum absolute atomic E-state index is 0.129. The molecule has 0 saturated heterocycles. The van der Waals surface area contributed by atoms with Gasteiger partial charge in [-0.05, 0) is 42.3 Å². The molecule has 3 aromatic rings. The molecule has 0 aliphatic rings. The molecule has 2 amide bonds. The normalized spacial score (nSPS) is 11.5. The van der Waals surface area contributed by atoms with Gasteiger partial charge in [-0.25, -0.2) is 0 Å². The van der Waals surface area contributed by atoms with Crippen LogP contribution in [0.2, 0.25) is 0 Å². The molecule has 1 N–H and O–H groups in total. The quantitative estimate of drug-likeness (QED) is 0.695. The number of nitrogens with zero attached hydrogens (tertiary/aromatic N) is 2. The van der Waals surface area contributed by atoms with Crippen molar-refractivity contribution in [1.29, 1.82) is 0 Å². The summed E-state index contributed by atoms with van der Waals surface area (Å²) in [4.78, 5) is 30.6. The number of anilines is 1. The molecule has 1 aromatic heterocycles. The minimum atomic E-state index is -0.205. The zero-order valence-electron chi connectivity index (χ0n) is 16.0. The Hall–Kier alpha value is -3.47. The maximum absolute atomic E-state index is 13.2. The van der Waals surface area contributed by atoms with E-state index in [0.717, 1.165) is 11.1 Å². The van der Waals surface area contributed by atoms with Crippen LogP contribution < -0.4 is 5.32 Å². The second-order valence-electron chi connectivity index (χ2n) is 6.62. The number of carbonyl (C=O) groups is 2. The van der Waals surface area contributed by atoms with Crippen LogP contribution in [0.15, 0.2) is 79.0 Å². The molecule has 2 aromatic carbocycles. The van der Waals surface area contributed by atoms with E-state index in [2.05, 4.69) is 10.3 Å². The first-order chi connectivity index (χ1) is 13.5. The van der Waals surface area contributed by atoms with Gasteiger partial charge in [0.2, 0.25) is 5.91 Å². The van der Waals surface area contributed by atoms with E-state index in [0.29, 0.717) is 17.9 Å². The molecule has 28 heavy (non-hydrogen) atoms. The van der Waals surface area contributed by atoms with Gasteiger partial charge >= 0.3 is 0 Å². The standard InChI is InChI=1S/C23H23N3O2/c1-17(20-11-8-12-21(15-20)25-18(2)27)26(16-19-9-4-3-5-10-19)23(28)22-13-6-7-14-24-22/h3-15,17H,16H2,1-2H3,(H,25,27)/t17-/m1/s1. The second-order valence-corrected chi connectivity index (χ2v) is 6.62. The number of benzene rings is 2. The molecule has 5 heteroatoms. The highest BCUT2D eigenvalue weighted by Crippen LogP contribution is 2.26. The maximum Gasteiger partial charge on any atom is 0.273 e. The van der Waals surface area contributed by atoms with E-state index >= 15 is 0 Å². The van der Waals surface area contributed by atoms with E-state index in [1.54, 1.807) is 23.2 Å². The summed E-state index contributed by atoms with van der Waals surface area (Å²) in [5.41, 5.74) is 3.09. The predicted molar refractivity (Wildman–Crippen MR) is 110 cm³/mol. The van der Waals surface area contributed by atoms with Crippen LogP contribution in [0.4, 0.5) is 5.69 Å². The summed E-state index contributed by atoms with van der Waals surface area (Å²) >= 11 is 0. The van der Waals surface area contributed by atoms with Crippen LogP contribution in [-0.4, -0.2) is 21.7 Å². The van der Waals surface area contributed by atoms with Gasteiger partial charge in [0.15, 0.2) is 0 Å². The highest BCUT2D eigenvalue weighted by molar-refractivity contribution is 5.92. The highest BCUT2D eigenvalue weighted by Gasteiger charge is 2.24. The molecule has 1 heterocycles. The number of rotatable bonds is 6. The topological polar surface area (TPSA) is 62.3 Å². The van der Waals surface area contributed by atoms with Crippen LogP contribution in [0.5, 0.6) is 0 Å². The van der Waals surface area contributed by atoms with Crippen LogP contribution >= 0.6 is 0 Å². The van der Waals surface area contributed by atoms with E-state index in [1.807, 2.05) is 67.6 Å². The lowest BCUT2D eigenvalue weighted by molar-refractivity contribution is -0.114. The number of pyridine rings is 1. The Morgan fingerprint density at radius 2 is 1.75 bits per heavy atom. The fourth-order valence-corrected chi connectivity index (χ4v) is 3.06. The van der Waals surface area contributed by atoms with Gasteiger partial charge < -0.3 is 10.2 Å². The minimum Gasteiger partial charge on any atom is -0.326 e. The third-order valence-corrected chi connectivity index (χ3v) is 4.50. The average Bonchev–Trinajstić information content (AvgIpc) is 2.72. The molecule has 0 bridgehead atoms. The third-order valence-electron chi connectivity index (χ3n) is 4.50. The first-order valence-electron chi connectivity index (χ1n) is 9.18. The van der Waals surface area contributed by atoms with E-state index in [9.17, 15) is 9.59 Å². The van der Waals surface area contributed by atoms with Gasteiger partial charge in [0.1, 0.15) is 5.69 Å². The predicted octanol–water partition coefficient (Wildman–Crippen LogP) is 4.44. The summed E-state index contributed by atoms with van der Waals surface area (Å²) in [6.45, 7) is 3.92. The van der Waals surface area contributed by atoms with Crippen molar-refractivity contribution < 1.29 is 9.59 Å². The molecular formula is C23H23N3O2. The molecule has 5 nitrogen and oxygen atoms in total. The summed E-state index contributed by atoms with van der Waals surface area (Å²) in [5, 5.41) is 2.79. The van der Waals surface area contributed by atoms with Crippen LogP contribution in [-0.2, 0) is 11.3 Å². The Morgan fingerprint density at radius 1 is 1.00 bits per heavy atom. The zero-order valence-corrected chi connectivity index (χ0v) is 16.0. The Kier molecular flexibility index (Phi) is 6.17. The van der Waals surface area contributed by atoms with E-state index < -0.39 is 0 Å². The molecule has 0 fully saturated rings. The van der Waals surface area contributed by atoms with Gasteiger partial charge in [0, 0.05) is 25.4 Å². The van der Waals surface area contributed by atoms with Gasteiger partial charge in [0.05, 0.1) is 6.04 Å². The molecular weight excluding hydrogens is 350 g/mol. The highest BCUT2D eigenvalue weighted by atomic mass is 16.2. The fourth-order valence-electron chi connectivity index (χ4n) is 3.06. The van der Waals surface area contributed by atoms with Crippen molar-refractivity contribution in [3.8, 4) is 0 Å². The lowest BCUT2D eigenvalue weighted by Crippen LogP contribution is -2.33. The van der Waals surface area contributed by atoms with E-state index in [4.69, 9.17) is 0 Å². The van der Waals surface area contributed by atoms with Crippen LogP contribution in [0, 0.1) is 0 Å². The van der Waals surface area contributed by atoms with E-state index in [-0.39, 0.29) is 17.9 Å². The number of aromatic nitrogens is 1. The summed E-state index contributed by atoms with van der Waals surface area (Å²) in [7, 11) is 0. The molecule has 1 atom stereocenters. The smallest absolute Gasteiger partial charge is 0.273 e. The average molecular weight is 373 g/mol. The molecule has 0 aliphatic heterocycles. The van der Waals surface area contributed by atoms with Crippen molar-refractivity contribution in [2.75, 3.05) is 5.32 Å². The third kappa shape index (κ3) is 4.82. The second kappa shape index (κ2) is 8.95. The van der Waals surface area contributed by atoms with E-state index in [1.165, 1.54) is 6.92 Å². The first-order valence-corrected chi connectivity index (χ1v) is 9.18. The fraction of sp³-hybridized carbons (Fsp3) is 0.174.